The molecule has 0 saturated carbocycles. The van der Waals surface area contributed by atoms with Crippen molar-refractivity contribution in [2.24, 2.45) is 4.99 Å². The minimum Gasteiger partial charge on any atom is -0.394 e. The van der Waals surface area contributed by atoms with Crippen LogP contribution < -0.4 is 10.9 Å². The zero-order valence-corrected chi connectivity index (χ0v) is 12.0. The van der Waals surface area contributed by atoms with E-state index in [-0.39, 0.29) is 24.7 Å². The molecule has 0 bridgehead atoms. The summed E-state index contributed by atoms with van der Waals surface area (Å²) in [4.78, 5) is 22.3. The van der Waals surface area contributed by atoms with Gasteiger partial charge in [0.15, 0.2) is 0 Å². The van der Waals surface area contributed by atoms with Crippen LogP contribution in [0.3, 0.4) is 0 Å². The molecule has 0 fully saturated rings. The molecule has 4 N–H and O–H groups in total. The number of H-pyrrole nitrogens is 1. The third-order valence-electron chi connectivity index (χ3n) is 3.31. The van der Waals surface area contributed by atoms with E-state index in [1.165, 1.54) is 6.33 Å². The van der Waals surface area contributed by atoms with Gasteiger partial charge < -0.3 is 20.5 Å². The largest absolute Gasteiger partial charge is 0.394 e. The molecular formula is C12H18N4O3S. The fourth-order valence-corrected chi connectivity index (χ4v) is 2.93. The minimum absolute atomic E-state index is 0.133. The molecule has 0 amide bonds. The molecule has 0 radical (unpaired) electrons. The maximum atomic E-state index is 11.6. The van der Waals surface area contributed by atoms with Crippen LogP contribution in [0.25, 0.3) is 0 Å². The Balaban J connectivity index is 2.08. The normalized spacial score (nSPS) is 17.4. The summed E-state index contributed by atoms with van der Waals surface area (Å²) in [6.07, 6.45) is 4.93. The number of hydrogen-bond donors (Lipinski definition) is 4. The van der Waals surface area contributed by atoms with Gasteiger partial charge in [-0.25, -0.2) is 4.98 Å². The van der Waals surface area contributed by atoms with Gasteiger partial charge in [-0.2, -0.15) is 11.8 Å². The summed E-state index contributed by atoms with van der Waals surface area (Å²) in [6.45, 7) is 0.127. The summed E-state index contributed by atoms with van der Waals surface area (Å²) in [5, 5.41) is 22.1. The number of rotatable bonds is 7. The Labute approximate surface area is 120 Å². The molecule has 1 unspecified atom stereocenters. The Morgan fingerprint density at radius 2 is 2.25 bits per heavy atom. The van der Waals surface area contributed by atoms with E-state index in [1.54, 1.807) is 18.0 Å². The molecule has 2 heterocycles. The van der Waals surface area contributed by atoms with Crippen LogP contribution in [0.2, 0.25) is 0 Å². The molecule has 110 valence electrons. The van der Waals surface area contributed by atoms with Crippen LogP contribution in [-0.2, 0) is 0 Å². The zero-order chi connectivity index (χ0) is 14.6. The molecule has 1 aromatic heterocycles. The number of fused-ring (bicyclic) bond motifs is 1. The van der Waals surface area contributed by atoms with E-state index in [4.69, 9.17) is 0 Å². The lowest BCUT2D eigenvalue weighted by Crippen LogP contribution is -2.55. The number of nitrogens with zero attached hydrogens (tertiary/aromatic N) is 2. The van der Waals surface area contributed by atoms with Crippen molar-refractivity contribution in [3.8, 4) is 0 Å². The third-order valence-corrected chi connectivity index (χ3v) is 4.16. The van der Waals surface area contributed by atoms with Gasteiger partial charge in [0, 0.05) is 18.5 Å². The standard InChI is InChI=1S/C12H18N4O3S/c1-20-6-12(4-17,5-18)16-3-8-2-13-10-9(8)14-7-15-11(10)19/h2,7-8,16-18H,3-6H2,1H3,(H,14,15,19). The van der Waals surface area contributed by atoms with Gasteiger partial charge in [0.1, 0.15) is 5.69 Å². The van der Waals surface area contributed by atoms with Crippen LogP contribution in [0, 0.1) is 0 Å². The Hall–Kier alpha value is -1.22. The first kappa shape index (κ1) is 15.2. The number of nitrogens with one attached hydrogen (secondary N) is 2. The highest BCUT2D eigenvalue weighted by Gasteiger charge is 2.30. The second-order valence-corrected chi connectivity index (χ2v) is 5.63. The average Bonchev–Trinajstić information content (AvgIpc) is 2.88. The van der Waals surface area contributed by atoms with Gasteiger partial charge in [0.05, 0.1) is 36.7 Å². The average molecular weight is 298 g/mol. The van der Waals surface area contributed by atoms with Crippen molar-refractivity contribution in [3.05, 3.63) is 22.4 Å². The lowest BCUT2D eigenvalue weighted by Gasteiger charge is -2.31. The number of aromatic amines is 1. The highest BCUT2D eigenvalue weighted by molar-refractivity contribution is 7.98. The predicted octanol–water partition coefficient (Wildman–Crippen LogP) is -0.755. The molecule has 7 nitrogen and oxygen atoms in total. The van der Waals surface area contributed by atoms with Crippen molar-refractivity contribution in [3.63, 3.8) is 0 Å². The first-order valence-electron chi connectivity index (χ1n) is 6.23. The molecule has 1 aliphatic rings. The van der Waals surface area contributed by atoms with Crippen LogP contribution in [0.5, 0.6) is 0 Å². The van der Waals surface area contributed by atoms with E-state index in [1.807, 2.05) is 6.26 Å². The summed E-state index contributed by atoms with van der Waals surface area (Å²) in [5.41, 5.74) is -0.0385. The predicted molar refractivity (Wildman–Crippen MR) is 79.0 cm³/mol. The molecule has 20 heavy (non-hydrogen) atoms. The highest BCUT2D eigenvalue weighted by Crippen LogP contribution is 2.26. The SMILES string of the molecule is CSCC(CO)(CO)NCC1C=Nc2c1nc[nH]c2=O. The molecule has 2 rings (SSSR count). The molecule has 1 aliphatic heterocycles. The summed E-state index contributed by atoms with van der Waals surface area (Å²) >= 11 is 1.54. The van der Waals surface area contributed by atoms with E-state index >= 15 is 0 Å². The maximum Gasteiger partial charge on any atom is 0.276 e. The van der Waals surface area contributed by atoms with Gasteiger partial charge in [0.2, 0.25) is 0 Å². The van der Waals surface area contributed by atoms with Crippen LogP contribution in [0.4, 0.5) is 5.69 Å². The third kappa shape index (κ3) is 2.93. The van der Waals surface area contributed by atoms with Crippen LogP contribution >= 0.6 is 11.8 Å². The molecule has 1 atom stereocenters. The van der Waals surface area contributed by atoms with Crippen molar-refractivity contribution >= 4 is 23.7 Å². The fourth-order valence-electron chi connectivity index (χ4n) is 2.09. The number of hydrogen-bond acceptors (Lipinski definition) is 7. The molecule has 0 aromatic carbocycles. The molecule has 0 saturated heterocycles. The molecule has 0 aliphatic carbocycles. The highest BCUT2D eigenvalue weighted by atomic mass is 32.2. The summed E-state index contributed by atoms with van der Waals surface area (Å²) < 4.78 is 0. The summed E-state index contributed by atoms with van der Waals surface area (Å²) in [5.74, 6) is 0.450. The molecule has 8 heteroatoms. The Kier molecular flexibility index (Phi) is 4.92. The number of aliphatic imine (C=N–C) groups is 1. The fraction of sp³-hybridized carbons (Fsp3) is 0.583. The van der Waals surface area contributed by atoms with E-state index in [0.29, 0.717) is 23.7 Å². The Bertz CT molecular complexity index is 542. The molecule has 0 spiro atoms. The summed E-state index contributed by atoms with van der Waals surface area (Å²) in [7, 11) is 0. The molecule has 1 aromatic rings. The van der Waals surface area contributed by atoms with Crippen molar-refractivity contribution in [2.45, 2.75) is 11.5 Å². The zero-order valence-electron chi connectivity index (χ0n) is 11.2. The van der Waals surface area contributed by atoms with E-state index in [2.05, 4.69) is 20.3 Å². The van der Waals surface area contributed by atoms with Crippen LogP contribution in [-0.4, -0.2) is 63.7 Å². The lowest BCUT2D eigenvalue weighted by atomic mass is 10.0. The van der Waals surface area contributed by atoms with Gasteiger partial charge >= 0.3 is 0 Å². The Morgan fingerprint density at radius 1 is 1.50 bits per heavy atom. The number of thioether (sulfide) groups is 1. The second-order valence-electron chi connectivity index (χ2n) is 4.76. The van der Waals surface area contributed by atoms with Gasteiger partial charge in [-0.1, -0.05) is 0 Å². The van der Waals surface area contributed by atoms with Crippen LogP contribution in [0.15, 0.2) is 16.1 Å². The van der Waals surface area contributed by atoms with Crippen molar-refractivity contribution < 1.29 is 10.2 Å². The maximum absolute atomic E-state index is 11.6. The van der Waals surface area contributed by atoms with Crippen molar-refractivity contribution in [1.29, 1.82) is 0 Å². The molecular weight excluding hydrogens is 280 g/mol. The quantitative estimate of drug-likeness (QED) is 0.527. The monoisotopic (exact) mass is 298 g/mol. The summed E-state index contributed by atoms with van der Waals surface area (Å²) in [6, 6.07) is 0. The van der Waals surface area contributed by atoms with E-state index < -0.39 is 5.54 Å². The topological polar surface area (TPSA) is 111 Å². The van der Waals surface area contributed by atoms with Gasteiger partial charge in [-0.15, -0.1) is 0 Å². The van der Waals surface area contributed by atoms with Crippen LogP contribution in [0.1, 0.15) is 11.6 Å². The smallest absolute Gasteiger partial charge is 0.276 e. The van der Waals surface area contributed by atoms with E-state index in [9.17, 15) is 15.0 Å². The number of aliphatic hydroxyl groups excluding tert-OH is 2. The lowest BCUT2D eigenvalue weighted by molar-refractivity contribution is 0.108. The van der Waals surface area contributed by atoms with Gasteiger partial charge in [0.25, 0.3) is 5.56 Å². The van der Waals surface area contributed by atoms with Crippen molar-refractivity contribution in [1.82, 2.24) is 15.3 Å². The Morgan fingerprint density at radius 3 is 2.90 bits per heavy atom. The first-order chi connectivity index (χ1) is 9.65. The number of aliphatic hydroxyl groups is 2. The number of aromatic nitrogens is 2. The van der Waals surface area contributed by atoms with Gasteiger partial charge in [-0.05, 0) is 6.26 Å². The van der Waals surface area contributed by atoms with Crippen molar-refractivity contribution in [2.75, 3.05) is 31.8 Å². The van der Waals surface area contributed by atoms with E-state index in [0.717, 1.165) is 0 Å². The first-order valence-corrected chi connectivity index (χ1v) is 7.62. The minimum atomic E-state index is -0.739. The van der Waals surface area contributed by atoms with Gasteiger partial charge in [-0.3, -0.25) is 9.79 Å². The second kappa shape index (κ2) is 6.49.